The second kappa shape index (κ2) is 5.64. The summed E-state index contributed by atoms with van der Waals surface area (Å²) in [5, 5.41) is 7.69. The van der Waals surface area contributed by atoms with Gasteiger partial charge >= 0.3 is 0 Å². The number of nitrogens with one attached hydrogen (secondary N) is 1. The minimum atomic E-state index is 0.196. The molecule has 0 amide bonds. The Bertz CT molecular complexity index is 492. The van der Waals surface area contributed by atoms with Crippen LogP contribution in [0.15, 0.2) is 30.6 Å². The first-order valence-corrected chi connectivity index (χ1v) is 5.88. The van der Waals surface area contributed by atoms with E-state index in [0.717, 1.165) is 17.7 Å². The zero-order valence-electron chi connectivity index (χ0n) is 10.9. The van der Waals surface area contributed by atoms with Gasteiger partial charge < -0.3 is 10.1 Å². The molecule has 5 heteroatoms. The van der Waals surface area contributed by atoms with Crippen LogP contribution in [0.1, 0.15) is 17.3 Å². The van der Waals surface area contributed by atoms with Crippen LogP contribution in [-0.4, -0.2) is 28.9 Å². The van der Waals surface area contributed by atoms with E-state index in [-0.39, 0.29) is 6.04 Å². The Balaban J connectivity index is 2.10. The van der Waals surface area contributed by atoms with Gasteiger partial charge in [-0.3, -0.25) is 4.68 Å². The highest BCUT2D eigenvalue weighted by molar-refractivity contribution is 5.20. The molecule has 1 unspecified atom stereocenters. The van der Waals surface area contributed by atoms with Gasteiger partial charge in [0, 0.05) is 25.5 Å². The normalized spacial score (nSPS) is 12.4. The molecule has 0 radical (unpaired) electrons. The van der Waals surface area contributed by atoms with E-state index in [9.17, 15) is 0 Å². The minimum Gasteiger partial charge on any atom is -0.481 e. The number of methoxy groups -OCH3 is 1. The van der Waals surface area contributed by atoms with Crippen LogP contribution in [-0.2, 0) is 13.5 Å². The fourth-order valence-electron chi connectivity index (χ4n) is 1.86. The maximum atomic E-state index is 5.05. The van der Waals surface area contributed by atoms with Crippen LogP contribution in [0.25, 0.3) is 0 Å². The Labute approximate surface area is 107 Å². The molecule has 0 saturated carbocycles. The molecule has 0 aliphatic rings. The van der Waals surface area contributed by atoms with Crippen molar-refractivity contribution in [1.29, 1.82) is 0 Å². The molecule has 0 aliphatic carbocycles. The molecule has 18 heavy (non-hydrogen) atoms. The van der Waals surface area contributed by atoms with Crippen molar-refractivity contribution >= 4 is 0 Å². The number of likely N-dealkylation sites (N-methyl/N-ethyl adjacent to an activating group) is 1. The maximum Gasteiger partial charge on any atom is 0.212 e. The highest BCUT2D eigenvalue weighted by Crippen LogP contribution is 2.17. The third kappa shape index (κ3) is 2.87. The quantitative estimate of drug-likeness (QED) is 0.864. The van der Waals surface area contributed by atoms with Crippen LogP contribution in [0, 0.1) is 0 Å². The van der Waals surface area contributed by atoms with Crippen LogP contribution in [0.5, 0.6) is 5.88 Å². The van der Waals surface area contributed by atoms with Gasteiger partial charge in [-0.25, -0.2) is 4.98 Å². The SMILES string of the molecule is CNC(Cc1ccc(OC)nc1)c1ccn(C)n1. The molecule has 0 aromatic carbocycles. The van der Waals surface area contributed by atoms with Crippen molar-refractivity contribution in [2.75, 3.05) is 14.2 Å². The van der Waals surface area contributed by atoms with E-state index in [1.54, 1.807) is 7.11 Å². The van der Waals surface area contributed by atoms with Gasteiger partial charge in [0.1, 0.15) is 0 Å². The number of rotatable bonds is 5. The van der Waals surface area contributed by atoms with Gasteiger partial charge in [-0.05, 0) is 25.1 Å². The van der Waals surface area contributed by atoms with Crippen LogP contribution < -0.4 is 10.1 Å². The average Bonchev–Trinajstić information content (AvgIpc) is 2.83. The van der Waals surface area contributed by atoms with Crippen molar-refractivity contribution in [1.82, 2.24) is 20.1 Å². The number of hydrogen-bond donors (Lipinski definition) is 1. The molecule has 0 bridgehead atoms. The lowest BCUT2D eigenvalue weighted by Crippen LogP contribution is -2.19. The minimum absolute atomic E-state index is 0.196. The van der Waals surface area contributed by atoms with E-state index >= 15 is 0 Å². The lowest BCUT2D eigenvalue weighted by atomic mass is 10.1. The molecule has 2 heterocycles. The zero-order chi connectivity index (χ0) is 13.0. The molecule has 2 aromatic rings. The van der Waals surface area contributed by atoms with E-state index in [2.05, 4.69) is 15.4 Å². The summed E-state index contributed by atoms with van der Waals surface area (Å²) >= 11 is 0. The van der Waals surface area contributed by atoms with Gasteiger partial charge in [0.2, 0.25) is 5.88 Å². The van der Waals surface area contributed by atoms with E-state index in [1.807, 2.05) is 49.4 Å². The van der Waals surface area contributed by atoms with E-state index in [0.29, 0.717) is 5.88 Å². The lowest BCUT2D eigenvalue weighted by molar-refractivity contribution is 0.397. The van der Waals surface area contributed by atoms with Crippen molar-refractivity contribution in [2.45, 2.75) is 12.5 Å². The van der Waals surface area contributed by atoms with Gasteiger partial charge in [-0.2, -0.15) is 5.10 Å². The fraction of sp³-hybridized carbons (Fsp3) is 0.385. The summed E-state index contributed by atoms with van der Waals surface area (Å²) in [7, 11) is 5.48. The first kappa shape index (κ1) is 12.6. The van der Waals surface area contributed by atoms with Crippen molar-refractivity contribution < 1.29 is 4.74 Å². The van der Waals surface area contributed by atoms with Crippen LogP contribution in [0.3, 0.4) is 0 Å². The van der Waals surface area contributed by atoms with Gasteiger partial charge in [-0.1, -0.05) is 6.07 Å². The molecule has 0 spiro atoms. The number of ether oxygens (including phenoxy) is 1. The molecular weight excluding hydrogens is 228 g/mol. The first-order chi connectivity index (χ1) is 8.72. The van der Waals surface area contributed by atoms with Crippen molar-refractivity contribution in [3.8, 4) is 5.88 Å². The molecule has 1 atom stereocenters. The highest BCUT2D eigenvalue weighted by atomic mass is 16.5. The van der Waals surface area contributed by atoms with Crippen LogP contribution in [0.4, 0.5) is 0 Å². The number of nitrogens with zero attached hydrogens (tertiary/aromatic N) is 3. The van der Waals surface area contributed by atoms with Gasteiger partial charge in [0.25, 0.3) is 0 Å². The summed E-state index contributed by atoms with van der Waals surface area (Å²) in [4.78, 5) is 4.21. The third-order valence-electron chi connectivity index (χ3n) is 2.89. The molecule has 2 aromatic heterocycles. The molecule has 1 N–H and O–H groups in total. The standard InChI is InChI=1S/C13H18N4O/c1-14-12(11-6-7-17(2)16-11)8-10-4-5-13(18-3)15-9-10/h4-7,9,12,14H,8H2,1-3H3. The number of aryl methyl sites for hydroxylation is 1. The average molecular weight is 246 g/mol. The zero-order valence-corrected chi connectivity index (χ0v) is 10.9. The molecule has 5 nitrogen and oxygen atoms in total. The van der Waals surface area contributed by atoms with Gasteiger partial charge in [-0.15, -0.1) is 0 Å². The summed E-state index contributed by atoms with van der Waals surface area (Å²) in [6, 6.07) is 6.12. The third-order valence-corrected chi connectivity index (χ3v) is 2.89. The predicted octanol–water partition coefficient (Wildman–Crippen LogP) is 1.33. The largest absolute Gasteiger partial charge is 0.481 e. The molecule has 0 saturated heterocycles. The second-order valence-electron chi connectivity index (χ2n) is 4.17. The maximum absolute atomic E-state index is 5.05. The molecular formula is C13H18N4O. The van der Waals surface area contributed by atoms with Gasteiger partial charge in [0.05, 0.1) is 18.8 Å². The lowest BCUT2D eigenvalue weighted by Gasteiger charge is -2.13. The summed E-state index contributed by atoms with van der Waals surface area (Å²) in [5.41, 5.74) is 2.19. The monoisotopic (exact) mass is 246 g/mol. The van der Waals surface area contributed by atoms with Crippen molar-refractivity contribution in [3.63, 3.8) is 0 Å². The fourth-order valence-corrected chi connectivity index (χ4v) is 1.86. The Kier molecular flexibility index (Phi) is 3.94. The summed E-state index contributed by atoms with van der Waals surface area (Å²) in [6.45, 7) is 0. The molecule has 0 fully saturated rings. The van der Waals surface area contributed by atoms with E-state index in [1.165, 1.54) is 0 Å². The van der Waals surface area contributed by atoms with E-state index in [4.69, 9.17) is 4.74 Å². The predicted molar refractivity (Wildman–Crippen MR) is 69.5 cm³/mol. The number of aromatic nitrogens is 3. The first-order valence-electron chi connectivity index (χ1n) is 5.88. The Morgan fingerprint density at radius 2 is 2.22 bits per heavy atom. The van der Waals surface area contributed by atoms with Crippen LogP contribution >= 0.6 is 0 Å². The molecule has 2 rings (SSSR count). The topological polar surface area (TPSA) is 52.0 Å². The van der Waals surface area contributed by atoms with Crippen molar-refractivity contribution in [3.05, 3.63) is 41.9 Å². The highest BCUT2D eigenvalue weighted by Gasteiger charge is 2.13. The van der Waals surface area contributed by atoms with Gasteiger partial charge in [0.15, 0.2) is 0 Å². The number of hydrogen-bond acceptors (Lipinski definition) is 4. The smallest absolute Gasteiger partial charge is 0.212 e. The van der Waals surface area contributed by atoms with Crippen molar-refractivity contribution in [2.24, 2.45) is 7.05 Å². The summed E-state index contributed by atoms with van der Waals surface area (Å²) < 4.78 is 6.86. The Hall–Kier alpha value is -1.88. The van der Waals surface area contributed by atoms with Crippen LogP contribution in [0.2, 0.25) is 0 Å². The second-order valence-corrected chi connectivity index (χ2v) is 4.17. The molecule has 0 aliphatic heterocycles. The summed E-state index contributed by atoms with van der Waals surface area (Å²) in [5.74, 6) is 0.637. The number of pyridine rings is 1. The van der Waals surface area contributed by atoms with E-state index < -0.39 is 0 Å². The summed E-state index contributed by atoms with van der Waals surface area (Å²) in [6.07, 6.45) is 4.64. The Morgan fingerprint density at radius 3 is 2.72 bits per heavy atom. The Morgan fingerprint density at radius 1 is 1.39 bits per heavy atom. The molecule has 96 valence electrons.